The van der Waals surface area contributed by atoms with E-state index >= 15 is 0 Å². The van der Waals surface area contributed by atoms with Crippen LogP contribution in [0.2, 0.25) is 0 Å². The number of fused-ring (bicyclic) bond motifs is 1. The first-order valence-corrected chi connectivity index (χ1v) is 9.47. The van der Waals surface area contributed by atoms with Crippen molar-refractivity contribution in [1.82, 2.24) is 19.7 Å². The average Bonchev–Trinajstić information content (AvgIpc) is 3.00. The topological polar surface area (TPSA) is 63.0 Å². The Hall–Kier alpha value is -2.32. The highest BCUT2D eigenvalue weighted by Gasteiger charge is 2.20. The summed E-state index contributed by atoms with van der Waals surface area (Å²) in [4.78, 5) is 15.0. The SMILES string of the molecule is CN1CCC[C@@H](Nc2nnc(-c3ccc4c(F)csc4c3)n(C)c2=O)C1. The third-order valence-electron chi connectivity index (χ3n) is 4.82. The Morgan fingerprint density at radius 3 is 2.96 bits per heavy atom. The van der Waals surface area contributed by atoms with E-state index < -0.39 is 0 Å². The van der Waals surface area contributed by atoms with Crippen molar-refractivity contribution in [2.75, 3.05) is 25.5 Å². The van der Waals surface area contributed by atoms with Crippen LogP contribution in [-0.2, 0) is 7.05 Å². The molecule has 0 aliphatic carbocycles. The zero-order valence-electron chi connectivity index (χ0n) is 14.7. The molecule has 1 aliphatic rings. The number of aromatic nitrogens is 3. The molecule has 0 amide bonds. The van der Waals surface area contributed by atoms with Crippen LogP contribution in [0, 0.1) is 5.82 Å². The number of likely N-dealkylation sites (tertiary alicyclic amines) is 1. The summed E-state index contributed by atoms with van der Waals surface area (Å²) in [6.07, 6.45) is 2.11. The van der Waals surface area contributed by atoms with Gasteiger partial charge >= 0.3 is 0 Å². The molecule has 3 heterocycles. The molecule has 2 aromatic heterocycles. The molecule has 0 radical (unpaired) electrons. The van der Waals surface area contributed by atoms with Crippen molar-refractivity contribution in [3.8, 4) is 11.4 Å². The molecule has 4 rings (SSSR count). The first-order chi connectivity index (χ1) is 12.5. The summed E-state index contributed by atoms with van der Waals surface area (Å²) in [5, 5.41) is 13.7. The Bertz CT molecular complexity index is 1010. The molecule has 0 unspecified atom stereocenters. The van der Waals surface area contributed by atoms with E-state index in [-0.39, 0.29) is 23.2 Å². The molecule has 136 valence electrons. The van der Waals surface area contributed by atoms with E-state index in [0.717, 1.165) is 36.2 Å². The van der Waals surface area contributed by atoms with E-state index in [9.17, 15) is 9.18 Å². The monoisotopic (exact) mass is 373 g/mol. The van der Waals surface area contributed by atoms with Gasteiger partial charge in [-0.1, -0.05) is 6.07 Å². The largest absolute Gasteiger partial charge is 0.360 e. The molecule has 1 fully saturated rings. The number of anilines is 1. The van der Waals surface area contributed by atoms with E-state index in [1.54, 1.807) is 19.2 Å². The van der Waals surface area contributed by atoms with Crippen LogP contribution in [0.5, 0.6) is 0 Å². The number of likely N-dealkylation sites (N-methyl/N-ethyl adjacent to an activating group) is 1. The molecule has 1 aromatic carbocycles. The molecular formula is C18H20FN5OS. The second-order valence-electron chi connectivity index (χ2n) is 6.78. The molecule has 0 saturated carbocycles. The maximum Gasteiger partial charge on any atom is 0.296 e. The first-order valence-electron chi connectivity index (χ1n) is 8.59. The fraction of sp³-hybridized carbons (Fsp3) is 0.389. The van der Waals surface area contributed by atoms with Gasteiger partial charge in [0.25, 0.3) is 5.56 Å². The van der Waals surface area contributed by atoms with Gasteiger partial charge in [0.15, 0.2) is 5.82 Å². The van der Waals surface area contributed by atoms with E-state index in [1.165, 1.54) is 21.3 Å². The quantitative estimate of drug-likeness (QED) is 0.765. The minimum Gasteiger partial charge on any atom is -0.360 e. The second kappa shape index (κ2) is 6.77. The first kappa shape index (κ1) is 17.1. The van der Waals surface area contributed by atoms with Crippen molar-refractivity contribution in [3.05, 3.63) is 39.8 Å². The summed E-state index contributed by atoms with van der Waals surface area (Å²) in [7, 11) is 3.76. The van der Waals surface area contributed by atoms with Crippen LogP contribution in [0.15, 0.2) is 28.4 Å². The molecule has 3 aromatic rings. The van der Waals surface area contributed by atoms with Crippen LogP contribution < -0.4 is 10.9 Å². The van der Waals surface area contributed by atoms with Crippen molar-refractivity contribution in [2.45, 2.75) is 18.9 Å². The van der Waals surface area contributed by atoms with Gasteiger partial charge < -0.3 is 10.2 Å². The van der Waals surface area contributed by atoms with Crippen molar-refractivity contribution >= 4 is 27.2 Å². The Morgan fingerprint density at radius 1 is 1.31 bits per heavy atom. The van der Waals surface area contributed by atoms with E-state index in [2.05, 4.69) is 27.5 Å². The third kappa shape index (κ3) is 3.10. The standard InChI is InChI=1S/C18H20FN5OS/c1-23-7-3-4-12(9-23)20-16-18(25)24(2)17(22-21-16)11-5-6-13-14(19)10-26-15(13)8-11/h5-6,8,10,12H,3-4,7,9H2,1-2H3,(H,20,21)/t12-/m1/s1. The van der Waals surface area contributed by atoms with Gasteiger partial charge in [0.1, 0.15) is 5.82 Å². The fourth-order valence-electron chi connectivity index (χ4n) is 3.42. The Labute approximate surface area is 154 Å². The minimum atomic E-state index is -0.228. The molecule has 0 bridgehead atoms. The summed E-state index contributed by atoms with van der Waals surface area (Å²) < 4.78 is 16.0. The highest BCUT2D eigenvalue weighted by molar-refractivity contribution is 7.17. The number of halogens is 1. The van der Waals surface area contributed by atoms with Crippen molar-refractivity contribution in [2.24, 2.45) is 7.05 Å². The number of benzene rings is 1. The van der Waals surface area contributed by atoms with Crippen molar-refractivity contribution in [1.29, 1.82) is 0 Å². The van der Waals surface area contributed by atoms with Crippen LogP contribution in [-0.4, -0.2) is 45.8 Å². The Kier molecular flexibility index (Phi) is 4.46. The highest BCUT2D eigenvalue weighted by atomic mass is 32.1. The maximum absolute atomic E-state index is 13.6. The smallest absolute Gasteiger partial charge is 0.296 e. The molecule has 1 aliphatic heterocycles. The minimum absolute atomic E-state index is 0.201. The third-order valence-corrected chi connectivity index (χ3v) is 5.74. The predicted molar refractivity (Wildman–Crippen MR) is 102 cm³/mol. The maximum atomic E-state index is 13.6. The number of rotatable bonds is 3. The molecule has 8 heteroatoms. The van der Waals surface area contributed by atoms with Gasteiger partial charge in [0.2, 0.25) is 5.82 Å². The zero-order chi connectivity index (χ0) is 18.3. The van der Waals surface area contributed by atoms with Gasteiger partial charge in [-0.2, -0.15) is 0 Å². The zero-order valence-corrected chi connectivity index (χ0v) is 15.5. The molecule has 1 N–H and O–H groups in total. The van der Waals surface area contributed by atoms with Gasteiger partial charge in [-0.25, -0.2) is 4.39 Å². The number of nitrogens with zero attached hydrogens (tertiary/aromatic N) is 4. The van der Waals surface area contributed by atoms with Gasteiger partial charge in [-0.05, 0) is 38.6 Å². The van der Waals surface area contributed by atoms with Gasteiger partial charge in [-0.15, -0.1) is 21.5 Å². The number of piperidine rings is 1. The van der Waals surface area contributed by atoms with Gasteiger partial charge in [-0.3, -0.25) is 9.36 Å². The average molecular weight is 373 g/mol. The van der Waals surface area contributed by atoms with Crippen LogP contribution >= 0.6 is 11.3 Å². The van der Waals surface area contributed by atoms with Crippen LogP contribution in [0.3, 0.4) is 0 Å². The van der Waals surface area contributed by atoms with Crippen LogP contribution in [0.4, 0.5) is 10.2 Å². The molecule has 6 nitrogen and oxygen atoms in total. The molecule has 1 atom stereocenters. The summed E-state index contributed by atoms with van der Waals surface area (Å²) in [6.45, 7) is 1.96. The number of hydrogen-bond donors (Lipinski definition) is 1. The van der Waals surface area contributed by atoms with Gasteiger partial charge in [0.05, 0.1) is 0 Å². The van der Waals surface area contributed by atoms with E-state index in [4.69, 9.17) is 0 Å². The number of hydrogen-bond acceptors (Lipinski definition) is 6. The van der Waals surface area contributed by atoms with Crippen LogP contribution in [0.1, 0.15) is 12.8 Å². The highest BCUT2D eigenvalue weighted by Crippen LogP contribution is 2.28. The van der Waals surface area contributed by atoms with Crippen LogP contribution in [0.25, 0.3) is 21.5 Å². The summed E-state index contributed by atoms with van der Waals surface area (Å²) in [6, 6.07) is 5.53. The predicted octanol–water partition coefficient (Wildman–Crippen LogP) is 2.70. The lowest BCUT2D eigenvalue weighted by atomic mass is 10.1. The fourth-order valence-corrected chi connectivity index (χ4v) is 4.26. The van der Waals surface area contributed by atoms with E-state index in [0.29, 0.717) is 11.2 Å². The van der Waals surface area contributed by atoms with Crippen molar-refractivity contribution < 1.29 is 4.39 Å². The molecule has 1 saturated heterocycles. The summed E-state index contributed by atoms with van der Waals surface area (Å²) in [5.74, 6) is 0.519. The molecular weight excluding hydrogens is 353 g/mol. The Balaban J connectivity index is 1.65. The second-order valence-corrected chi connectivity index (χ2v) is 7.69. The summed E-state index contributed by atoms with van der Waals surface area (Å²) in [5.41, 5.74) is 0.538. The molecule has 0 spiro atoms. The lowest BCUT2D eigenvalue weighted by Crippen LogP contribution is -2.41. The van der Waals surface area contributed by atoms with Gasteiger partial charge in [0, 0.05) is 40.7 Å². The molecule has 26 heavy (non-hydrogen) atoms. The lowest BCUT2D eigenvalue weighted by Gasteiger charge is -2.30. The number of thiophene rings is 1. The number of nitrogens with one attached hydrogen (secondary N) is 1. The van der Waals surface area contributed by atoms with Crippen molar-refractivity contribution in [3.63, 3.8) is 0 Å². The summed E-state index contributed by atoms with van der Waals surface area (Å²) >= 11 is 1.33. The normalized spacial score (nSPS) is 18.3. The van der Waals surface area contributed by atoms with E-state index in [1.807, 2.05) is 6.07 Å². The lowest BCUT2D eigenvalue weighted by molar-refractivity contribution is 0.260. The Morgan fingerprint density at radius 2 is 2.15 bits per heavy atom.